The maximum Gasteiger partial charge on any atom is 0.279 e. The van der Waals surface area contributed by atoms with E-state index in [1.54, 1.807) is 30.9 Å². The monoisotopic (exact) mass is 340 g/mol. The van der Waals surface area contributed by atoms with E-state index in [2.05, 4.69) is 21.6 Å². The molecule has 1 N–H and O–H groups in total. The third-order valence-electron chi connectivity index (χ3n) is 3.73. The van der Waals surface area contributed by atoms with Crippen LogP contribution in [0.1, 0.15) is 32.9 Å². The van der Waals surface area contributed by atoms with Gasteiger partial charge in [0.15, 0.2) is 11.5 Å². The predicted molar refractivity (Wildman–Crippen MR) is 92.6 cm³/mol. The van der Waals surface area contributed by atoms with Gasteiger partial charge < -0.3 is 14.6 Å². The number of nitrogens with one attached hydrogen (secondary N) is 1. The van der Waals surface area contributed by atoms with Crippen LogP contribution in [-0.4, -0.2) is 20.8 Å². The number of hydrogen-bond acceptors (Lipinski definition) is 5. The summed E-state index contributed by atoms with van der Waals surface area (Å²) in [6, 6.07) is 7.67. The summed E-state index contributed by atoms with van der Waals surface area (Å²) in [5, 5.41) is 10.7. The van der Waals surface area contributed by atoms with Crippen LogP contribution < -0.4 is 10.1 Å². The van der Waals surface area contributed by atoms with Crippen molar-refractivity contribution >= 4 is 11.7 Å². The van der Waals surface area contributed by atoms with Gasteiger partial charge in [0.25, 0.3) is 5.91 Å². The normalized spacial score (nSPS) is 10.7. The van der Waals surface area contributed by atoms with Crippen molar-refractivity contribution in [2.24, 2.45) is 7.05 Å². The lowest BCUT2D eigenvalue weighted by Crippen LogP contribution is -2.16. The SMILES string of the molecule is Cc1cc(C)cc(OCc2c(C(=O)Nc3ccn(C)n3)noc2C)c1. The molecule has 7 nitrogen and oxygen atoms in total. The highest BCUT2D eigenvalue weighted by Crippen LogP contribution is 2.21. The molecule has 1 amide bonds. The van der Waals surface area contributed by atoms with Gasteiger partial charge in [0.2, 0.25) is 0 Å². The Morgan fingerprint density at radius 3 is 2.60 bits per heavy atom. The van der Waals surface area contributed by atoms with E-state index in [1.807, 2.05) is 26.0 Å². The average molecular weight is 340 g/mol. The van der Waals surface area contributed by atoms with Crippen LogP contribution in [0.4, 0.5) is 5.82 Å². The highest BCUT2D eigenvalue weighted by molar-refractivity contribution is 6.03. The van der Waals surface area contributed by atoms with Crippen LogP contribution in [0.5, 0.6) is 5.75 Å². The Morgan fingerprint density at radius 1 is 1.24 bits per heavy atom. The zero-order chi connectivity index (χ0) is 18.0. The Labute approximate surface area is 145 Å². The molecule has 3 aromatic rings. The second kappa shape index (κ2) is 6.80. The van der Waals surface area contributed by atoms with Crippen molar-refractivity contribution in [1.29, 1.82) is 0 Å². The summed E-state index contributed by atoms with van der Waals surface area (Å²) in [6.45, 7) is 5.97. The van der Waals surface area contributed by atoms with Gasteiger partial charge >= 0.3 is 0 Å². The Morgan fingerprint density at radius 2 is 1.96 bits per heavy atom. The third kappa shape index (κ3) is 3.88. The highest BCUT2D eigenvalue weighted by atomic mass is 16.5. The van der Waals surface area contributed by atoms with Crippen molar-refractivity contribution in [2.75, 3.05) is 5.32 Å². The summed E-state index contributed by atoms with van der Waals surface area (Å²) in [5.74, 6) is 1.37. The van der Waals surface area contributed by atoms with E-state index >= 15 is 0 Å². The molecule has 0 radical (unpaired) electrons. The summed E-state index contributed by atoms with van der Waals surface area (Å²) >= 11 is 0. The molecule has 2 heterocycles. The first-order valence-corrected chi connectivity index (χ1v) is 7.89. The molecule has 2 aromatic heterocycles. The smallest absolute Gasteiger partial charge is 0.279 e. The van der Waals surface area contributed by atoms with Crippen LogP contribution in [0.2, 0.25) is 0 Å². The molecule has 0 saturated carbocycles. The van der Waals surface area contributed by atoms with E-state index in [-0.39, 0.29) is 18.2 Å². The van der Waals surface area contributed by atoms with Gasteiger partial charge in [-0.3, -0.25) is 9.48 Å². The molecule has 0 aliphatic rings. The summed E-state index contributed by atoms with van der Waals surface area (Å²) in [4.78, 5) is 12.4. The molecule has 1 aromatic carbocycles. The number of nitrogens with zero attached hydrogens (tertiary/aromatic N) is 3. The average Bonchev–Trinajstić information content (AvgIpc) is 3.10. The number of aryl methyl sites for hydroxylation is 4. The van der Waals surface area contributed by atoms with Gasteiger partial charge in [-0.25, -0.2) is 0 Å². The Bertz CT molecular complexity index is 891. The maximum atomic E-state index is 12.4. The fourth-order valence-corrected chi connectivity index (χ4v) is 2.57. The van der Waals surface area contributed by atoms with E-state index in [0.717, 1.165) is 16.9 Å². The quantitative estimate of drug-likeness (QED) is 0.771. The van der Waals surface area contributed by atoms with Crippen molar-refractivity contribution in [3.8, 4) is 5.75 Å². The first-order valence-electron chi connectivity index (χ1n) is 7.89. The van der Waals surface area contributed by atoms with Gasteiger partial charge in [0.1, 0.15) is 18.1 Å². The number of ether oxygens (including phenoxy) is 1. The van der Waals surface area contributed by atoms with Crippen LogP contribution in [-0.2, 0) is 13.7 Å². The fourth-order valence-electron chi connectivity index (χ4n) is 2.57. The Hall–Kier alpha value is -3.09. The number of amides is 1. The van der Waals surface area contributed by atoms with Gasteiger partial charge in [-0.1, -0.05) is 11.2 Å². The van der Waals surface area contributed by atoms with Gasteiger partial charge in [0, 0.05) is 19.3 Å². The molecule has 0 bridgehead atoms. The molecule has 0 spiro atoms. The number of aromatic nitrogens is 3. The van der Waals surface area contributed by atoms with Crippen molar-refractivity contribution in [3.63, 3.8) is 0 Å². The van der Waals surface area contributed by atoms with Crippen molar-refractivity contribution in [1.82, 2.24) is 14.9 Å². The maximum absolute atomic E-state index is 12.4. The number of hydrogen-bond donors (Lipinski definition) is 1. The van der Waals surface area contributed by atoms with Gasteiger partial charge in [-0.05, 0) is 44.0 Å². The van der Waals surface area contributed by atoms with E-state index in [4.69, 9.17) is 9.26 Å². The third-order valence-corrected chi connectivity index (χ3v) is 3.73. The molecule has 0 fully saturated rings. The van der Waals surface area contributed by atoms with Gasteiger partial charge in [-0.2, -0.15) is 5.10 Å². The zero-order valence-corrected chi connectivity index (χ0v) is 14.7. The van der Waals surface area contributed by atoms with Crippen LogP contribution in [0.3, 0.4) is 0 Å². The molecular formula is C18H20N4O3. The van der Waals surface area contributed by atoms with E-state index in [0.29, 0.717) is 17.1 Å². The minimum atomic E-state index is -0.380. The molecule has 25 heavy (non-hydrogen) atoms. The van der Waals surface area contributed by atoms with Crippen LogP contribution in [0.15, 0.2) is 35.0 Å². The molecule has 0 unspecified atom stereocenters. The van der Waals surface area contributed by atoms with Crippen molar-refractivity contribution < 1.29 is 14.1 Å². The van der Waals surface area contributed by atoms with Crippen LogP contribution in [0.25, 0.3) is 0 Å². The number of anilines is 1. The fraction of sp³-hybridized carbons (Fsp3) is 0.278. The van der Waals surface area contributed by atoms with E-state index < -0.39 is 0 Å². The van der Waals surface area contributed by atoms with Gasteiger partial charge in [-0.15, -0.1) is 0 Å². The first kappa shape index (κ1) is 16.8. The Kier molecular flexibility index (Phi) is 4.56. The predicted octanol–water partition coefficient (Wildman–Crippen LogP) is 3.16. The zero-order valence-electron chi connectivity index (χ0n) is 14.7. The molecule has 0 atom stereocenters. The molecule has 3 rings (SSSR count). The summed E-state index contributed by atoms with van der Waals surface area (Å²) in [5.41, 5.74) is 3.05. The first-order chi connectivity index (χ1) is 11.9. The number of carbonyl (C=O) groups is 1. The molecule has 0 aliphatic carbocycles. The summed E-state index contributed by atoms with van der Waals surface area (Å²) in [6.07, 6.45) is 1.74. The second-order valence-electron chi connectivity index (χ2n) is 6.01. The summed E-state index contributed by atoms with van der Waals surface area (Å²) < 4.78 is 12.6. The molecule has 7 heteroatoms. The minimum Gasteiger partial charge on any atom is -0.489 e. The number of rotatable bonds is 5. The molecular weight excluding hydrogens is 320 g/mol. The van der Waals surface area contributed by atoms with E-state index in [1.165, 1.54) is 0 Å². The standard InChI is InChI=1S/C18H20N4O3/c1-11-7-12(2)9-14(8-11)24-10-15-13(3)25-21-17(15)18(23)19-16-5-6-22(4)20-16/h5-9H,10H2,1-4H3,(H,19,20,23). The number of carbonyl (C=O) groups excluding carboxylic acids is 1. The minimum absolute atomic E-state index is 0.198. The van der Waals surface area contributed by atoms with Crippen LogP contribution >= 0.6 is 0 Å². The largest absolute Gasteiger partial charge is 0.489 e. The van der Waals surface area contributed by atoms with Gasteiger partial charge in [0.05, 0.1) is 5.56 Å². The highest BCUT2D eigenvalue weighted by Gasteiger charge is 2.21. The molecule has 0 aliphatic heterocycles. The molecule has 0 saturated heterocycles. The topological polar surface area (TPSA) is 82.2 Å². The lowest BCUT2D eigenvalue weighted by atomic mass is 10.1. The lowest BCUT2D eigenvalue weighted by molar-refractivity contribution is 0.101. The lowest BCUT2D eigenvalue weighted by Gasteiger charge is -2.08. The second-order valence-corrected chi connectivity index (χ2v) is 6.01. The van der Waals surface area contributed by atoms with E-state index in [9.17, 15) is 4.79 Å². The Balaban J connectivity index is 1.75. The molecule has 130 valence electrons. The van der Waals surface area contributed by atoms with Crippen LogP contribution in [0, 0.1) is 20.8 Å². The number of benzene rings is 1. The van der Waals surface area contributed by atoms with Crippen molar-refractivity contribution in [2.45, 2.75) is 27.4 Å². The van der Waals surface area contributed by atoms with Crippen molar-refractivity contribution in [3.05, 3.63) is 58.6 Å². The summed E-state index contributed by atoms with van der Waals surface area (Å²) in [7, 11) is 1.78.